The second kappa shape index (κ2) is 7.23. The van der Waals surface area contributed by atoms with Crippen LogP contribution < -0.4 is 5.32 Å². The summed E-state index contributed by atoms with van der Waals surface area (Å²) < 4.78 is 0. The lowest BCUT2D eigenvalue weighted by atomic mass is 10.2. The third kappa shape index (κ3) is 3.88. The molecule has 0 saturated heterocycles. The molecule has 0 atom stereocenters. The van der Waals surface area contributed by atoms with Crippen molar-refractivity contribution in [1.29, 1.82) is 5.41 Å². The van der Waals surface area contributed by atoms with Crippen molar-refractivity contribution in [3.63, 3.8) is 0 Å². The van der Waals surface area contributed by atoms with Gasteiger partial charge < -0.3 is 10.7 Å². The van der Waals surface area contributed by atoms with E-state index >= 15 is 0 Å². The van der Waals surface area contributed by atoms with E-state index in [0.29, 0.717) is 5.15 Å². The number of pyridine rings is 1. The molecular formula is C11H18ClN3. The number of hydrogen-bond acceptors (Lipinski definition) is 3. The summed E-state index contributed by atoms with van der Waals surface area (Å²) in [6.45, 7) is 8.68. The number of hydrogen-bond donors (Lipinski definition) is 2. The van der Waals surface area contributed by atoms with Crippen molar-refractivity contribution in [2.75, 3.05) is 11.9 Å². The zero-order chi connectivity index (χ0) is 11.8. The van der Waals surface area contributed by atoms with E-state index in [9.17, 15) is 0 Å². The molecule has 1 heterocycles. The monoisotopic (exact) mass is 227 g/mol. The highest BCUT2D eigenvalue weighted by atomic mass is 35.5. The smallest absolute Gasteiger partial charge is 0.130 e. The Bertz CT molecular complexity index is 324. The van der Waals surface area contributed by atoms with Crippen LogP contribution in [0.15, 0.2) is 6.07 Å². The number of halogens is 1. The van der Waals surface area contributed by atoms with Crippen LogP contribution in [0.4, 0.5) is 5.69 Å². The topological polar surface area (TPSA) is 48.8 Å². The maximum atomic E-state index is 7.20. The molecule has 0 saturated carbocycles. The number of aromatic nitrogens is 1. The number of rotatable bonds is 3. The van der Waals surface area contributed by atoms with Crippen LogP contribution in [-0.2, 0) is 0 Å². The van der Waals surface area contributed by atoms with Gasteiger partial charge in [0.1, 0.15) is 5.15 Å². The predicted molar refractivity (Wildman–Crippen MR) is 67.4 cm³/mol. The number of anilines is 1. The zero-order valence-corrected chi connectivity index (χ0v) is 10.4. The van der Waals surface area contributed by atoms with E-state index in [1.807, 2.05) is 27.7 Å². The fourth-order valence-corrected chi connectivity index (χ4v) is 1.42. The molecule has 84 valence electrons. The molecule has 0 aliphatic carbocycles. The summed E-state index contributed by atoms with van der Waals surface area (Å²) in [5.74, 6) is 0. The third-order valence-corrected chi connectivity index (χ3v) is 1.90. The van der Waals surface area contributed by atoms with Crippen molar-refractivity contribution in [2.45, 2.75) is 27.7 Å². The second-order valence-corrected chi connectivity index (χ2v) is 3.06. The summed E-state index contributed by atoms with van der Waals surface area (Å²) in [6, 6.07) is 1.68. The average molecular weight is 228 g/mol. The van der Waals surface area contributed by atoms with Gasteiger partial charge in [-0.15, -0.1) is 0 Å². The molecule has 0 aliphatic heterocycles. The fourth-order valence-electron chi connectivity index (χ4n) is 1.18. The lowest BCUT2D eigenvalue weighted by Crippen LogP contribution is -2.04. The first-order chi connectivity index (χ1) is 7.19. The Hall–Kier alpha value is -1.09. The largest absolute Gasteiger partial charge is 0.383 e. The minimum Gasteiger partial charge on any atom is -0.383 e. The molecule has 0 fully saturated rings. The molecule has 0 amide bonds. The Balaban J connectivity index is 0.000000921. The molecule has 15 heavy (non-hydrogen) atoms. The zero-order valence-electron chi connectivity index (χ0n) is 9.69. The first-order valence-electron chi connectivity index (χ1n) is 5.10. The van der Waals surface area contributed by atoms with E-state index < -0.39 is 0 Å². The minimum atomic E-state index is 0.428. The summed E-state index contributed by atoms with van der Waals surface area (Å²) >= 11 is 5.76. The summed E-state index contributed by atoms with van der Waals surface area (Å²) in [5.41, 5.74) is 2.49. The fraction of sp³-hybridized carbons (Fsp3) is 0.455. The molecule has 0 unspecified atom stereocenters. The molecule has 1 aromatic heterocycles. The van der Waals surface area contributed by atoms with E-state index in [0.717, 1.165) is 23.5 Å². The summed E-state index contributed by atoms with van der Waals surface area (Å²) in [6.07, 6.45) is 1.28. The van der Waals surface area contributed by atoms with E-state index in [4.69, 9.17) is 17.0 Å². The average Bonchev–Trinajstić information content (AvgIpc) is 2.24. The molecule has 1 aromatic rings. The number of nitrogens with one attached hydrogen (secondary N) is 2. The first kappa shape index (κ1) is 13.9. The van der Waals surface area contributed by atoms with E-state index in [2.05, 4.69) is 10.3 Å². The van der Waals surface area contributed by atoms with Crippen LogP contribution in [0.1, 0.15) is 32.0 Å². The summed E-state index contributed by atoms with van der Waals surface area (Å²) in [5, 5.41) is 10.8. The van der Waals surface area contributed by atoms with Crippen LogP contribution in [0.25, 0.3) is 0 Å². The maximum absolute atomic E-state index is 7.20. The molecule has 0 spiro atoms. The van der Waals surface area contributed by atoms with Gasteiger partial charge in [0.15, 0.2) is 0 Å². The highest BCUT2D eigenvalue weighted by Crippen LogP contribution is 2.20. The Morgan fingerprint density at radius 3 is 2.60 bits per heavy atom. The lowest BCUT2D eigenvalue weighted by molar-refractivity contribution is 1.14. The standard InChI is InChI=1S/C9H12ClN3.C2H6/c1-3-12-9-6(2)13-8(10)4-7(9)5-11;1-2/h4-5,11-12H,3H2,1-2H3;1-2H3. The molecule has 0 aromatic carbocycles. The number of nitrogens with zero attached hydrogens (tertiary/aromatic N) is 1. The van der Waals surface area contributed by atoms with Crippen LogP contribution in [0.3, 0.4) is 0 Å². The molecular weight excluding hydrogens is 210 g/mol. The van der Waals surface area contributed by atoms with Gasteiger partial charge in [-0.25, -0.2) is 4.98 Å². The third-order valence-electron chi connectivity index (χ3n) is 1.71. The van der Waals surface area contributed by atoms with Gasteiger partial charge in [0.25, 0.3) is 0 Å². The van der Waals surface area contributed by atoms with Crippen LogP contribution in [0.5, 0.6) is 0 Å². The Kier molecular flexibility index (Phi) is 6.71. The Labute approximate surface area is 96.4 Å². The van der Waals surface area contributed by atoms with Crippen molar-refractivity contribution in [3.05, 3.63) is 22.5 Å². The SMILES string of the molecule is CC.CCNc1c(C=N)cc(Cl)nc1C. The minimum absolute atomic E-state index is 0.428. The van der Waals surface area contributed by atoms with Gasteiger partial charge in [0.05, 0.1) is 11.4 Å². The van der Waals surface area contributed by atoms with Crippen LogP contribution >= 0.6 is 11.6 Å². The van der Waals surface area contributed by atoms with Gasteiger partial charge in [-0.2, -0.15) is 0 Å². The first-order valence-corrected chi connectivity index (χ1v) is 5.48. The second-order valence-electron chi connectivity index (χ2n) is 2.67. The highest BCUT2D eigenvalue weighted by molar-refractivity contribution is 6.29. The van der Waals surface area contributed by atoms with E-state index in [1.54, 1.807) is 6.07 Å². The number of aryl methyl sites for hydroxylation is 1. The van der Waals surface area contributed by atoms with Crippen LogP contribution in [0.2, 0.25) is 5.15 Å². The molecule has 1 rings (SSSR count). The molecule has 0 bridgehead atoms. The van der Waals surface area contributed by atoms with Gasteiger partial charge in [-0.05, 0) is 19.9 Å². The van der Waals surface area contributed by atoms with Gasteiger partial charge in [-0.1, -0.05) is 25.4 Å². The van der Waals surface area contributed by atoms with E-state index in [1.165, 1.54) is 6.21 Å². The quantitative estimate of drug-likeness (QED) is 0.613. The van der Waals surface area contributed by atoms with Crippen molar-refractivity contribution in [3.8, 4) is 0 Å². The van der Waals surface area contributed by atoms with Crippen molar-refractivity contribution < 1.29 is 0 Å². The van der Waals surface area contributed by atoms with Gasteiger partial charge in [0, 0.05) is 18.3 Å². The molecule has 0 aliphatic rings. The van der Waals surface area contributed by atoms with Gasteiger partial charge >= 0.3 is 0 Å². The normalized spacial score (nSPS) is 8.87. The van der Waals surface area contributed by atoms with Crippen LogP contribution in [-0.4, -0.2) is 17.7 Å². The van der Waals surface area contributed by atoms with Crippen LogP contribution in [0, 0.1) is 12.3 Å². The highest BCUT2D eigenvalue weighted by Gasteiger charge is 2.05. The van der Waals surface area contributed by atoms with Crippen molar-refractivity contribution in [2.24, 2.45) is 0 Å². The lowest BCUT2D eigenvalue weighted by Gasteiger charge is -2.10. The molecule has 4 heteroatoms. The van der Waals surface area contributed by atoms with Gasteiger partial charge in [-0.3, -0.25) is 0 Å². The van der Waals surface area contributed by atoms with Gasteiger partial charge in [0.2, 0.25) is 0 Å². The summed E-state index contributed by atoms with van der Waals surface area (Å²) in [4.78, 5) is 4.10. The predicted octanol–water partition coefficient (Wildman–Crippen LogP) is 3.50. The molecule has 2 N–H and O–H groups in total. The Morgan fingerprint density at radius 1 is 1.53 bits per heavy atom. The maximum Gasteiger partial charge on any atom is 0.130 e. The van der Waals surface area contributed by atoms with E-state index in [-0.39, 0.29) is 0 Å². The van der Waals surface area contributed by atoms with Crippen molar-refractivity contribution in [1.82, 2.24) is 4.98 Å². The van der Waals surface area contributed by atoms with Crippen molar-refractivity contribution >= 4 is 23.5 Å². The Morgan fingerprint density at radius 2 is 2.13 bits per heavy atom. The molecule has 3 nitrogen and oxygen atoms in total. The molecule has 0 radical (unpaired) electrons. The summed E-state index contributed by atoms with van der Waals surface area (Å²) in [7, 11) is 0.